The van der Waals surface area contributed by atoms with Crippen LogP contribution in [-0.4, -0.2) is 47.5 Å². The molecule has 0 spiro atoms. The van der Waals surface area contributed by atoms with E-state index < -0.39 is 0 Å². The van der Waals surface area contributed by atoms with Gasteiger partial charge >= 0.3 is 0 Å². The Kier molecular flexibility index (Phi) is 4.89. The number of imidazole rings is 1. The second-order valence-corrected chi connectivity index (χ2v) is 10.2. The van der Waals surface area contributed by atoms with Crippen molar-refractivity contribution in [1.82, 2.24) is 19.8 Å². The number of nitrogens with zero attached hydrogens (tertiary/aromatic N) is 3. The molecule has 4 fully saturated rings. The van der Waals surface area contributed by atoms with Gasteiger partial charge in [-0.2, -0.15) is 0 Å². The van der Waals surface area contributed by atoms with Gasteiger partial charge in [0.15, 0.2) is 0 Å². The average Bonchev–Trinajstić information content (AvgIpc) is 3.02. The molecular weight excluding hydrogens is 360 g/mol. The van der Waals surface area contributed by atoms with Crippen molar-refractivity contribution in [3.8, 4) is 0 Å². The Bertz CT molecular complexity index is 864. The first-order valence-electron chi connectivity index (χ1n) is 11.4. The maximum atomic E-state index is 13.2. The van der Waals surface area contributed by atoms with Crippen LogP contribution in [0.3, 0.4) is 0 Å². The highest BCUT2D eigenvalue weighted by molar-refractivity contribution is 5.83. The molecule has 1 aromatic carbocycles. The molecule has 0 atom stereocenters. The van der Waals surface area contributed by atoms with E-state index in [-0.39, 0.29) is 5.41 Å². The molecule has 1 aromatic heterocycles. The van der Waals surface area contributed by atoms with Gasteiger partial charge in [0, 0.05) is 31.5 Å². The fourth-order valence-corrected chi connectivity index (χ4v) is 6.73. The number of hydrogen-bond donors (Lipinski definition) is 1. The summed E-state index contributed by atoms with van der Waals surface area (Å²) in [6.45, 7) is 2.59. The van der Waals surface area contributed by atoms with Crippen LogP contribution in [0.2, 0.25) is 0 Å². The van der Waals surface area contributed by atoms with E-state index in [0.29, 0.717) is 12.5 Å². The van der Waals surface area contributed by atoms with Gasteiger partial charge in [0.05, 0.1) is 11.0 Å². The third-order valence-corrected chi connectivity index (χ3v) is 7.66. The molecule has 2 aromatic rings. The number of rotatable bonds is 7. The second kappa shape index (κ2) is 7.42. The fourth-order valence-electron chi connectivity index (χ4n) is 6.73. The zero-order chi connectivity index (χ0) is 20.0. The van der Waals surface area contributed by atoms with Crippen molar-refractivity contribution in [2.45, 2.75) is 51.5 Å². The molecule has 1 amide bonds. The van der Waals surface area contributed by atoms with E-state index in [1.807, 2.05) is 6.07 Å². The fraction of sp³-hybridized carbons (Fsp3) is 0.667. The lowest BCUT2D eigenvalue weighted by Crippen LogP contribution is -2.53. The zero-order valence-corrected chi connectivity index (χ0v) is 17.9. The number of likely N-dealkylation sites (N-methyl/N-ethyl adjacent to an activating group) is 1. The van der Waals surface area contributed by atoms with E-state index in [0.717, 1.165) is 67.9 Å². The predicted octanol–water partition coefficient (Wildman–Crippen LogP) is 3.47. The summed E-state index contributed by atoms with van der Waals surface area (Å²) >= 11 is 0. The Labute approximate surface area is 173 Å². The van der Waals surface area contributed by atoms with E-state index in [1.165, 1.54) is 24.8 Å². The Hall–Kier alpha value is -1.88. The van der Waals surface area contributed by atoms with Crippen molar-refractivity contribution >= 4 is 16.9 Å². The number of nitrogens with one attached hydrogen (secondary N) is 1. The number of carbonyl (C=O) groups is 1. The third-order valence-electron chi connectivity index (χ3n) is 7.66. The van der Waals surface area contributed by atoms with Gasteiger partial charge < -0.3 is 14.8 Å². The molecule has 5 nitrogen and oxygen atoms in total. The van der Waals surface area contributed by atoms with E-state index in [9.17, 15) is 4.79 Å². The Morgan fingerprint density at radius 2 is 1.79 bits per heavy atom. The van der Waals surface area contributed by atoms with Gasteiger partial charge in [-0.1, -0.05) is 12.1 Å². The number of amides is 1. The van der Waals surface area contributed by atoms with Gasteiger partial charge in [0.2, 0.25) is 5.91 Å². The highest BCUT2D eigenvalue weighted by Crippen LogP contribution is 2.60. The summed E-state index contributed by atoms with van der Waals surface area (Å²) in [6, 6.07) is 8.35. The van der Waals surface area contributed by atoms with Gasteiger partial charge in [-0.25, -0.2) is 4.98 Å². The van der Waals surface area contributed by atoms with Crippen molar-refractivity contribution in [2.75, 3.05) is 27.2 Å². The minimum atomic E-state index is -0.0557. The third kappa shape index (κ3) is 3.58. The van der Waals surface area contributed by atoms with Crippen molar-refractivity contribution < 1.29 is 4.79 Å². The molecule has 0 aliphatic heterocycles. The lowest BCUT2D eigenvalue weighted by molar-refractivity contribution is -0.146. The smallest absolute Gasteiger partial charge is 0.226 e. The van der Waals surface area contributed by atoms with E-state index in [2.05, 4.69) is 47.1 Å². The summed E-state index contributed by atoms with van der Waals surface area (Å²) in [5.41, 5.74) is 2.19. The first-order valence-corrected chi connectivity index (χ1v) is 11.4. The van der Waals surface area contributed by atoms with Gasteiger partial charge in [-0.15, -0.1) is 0 Å². The maximum absolute atomic E-state index is 13.2. The van der Waals surface area contributed by atoms with Gasteiger partial charge in [0.25, 0.3) is 0 Å². The largest absolute Gasteiger partial charge is 0.355 e. The first kappa shape index (κ1) is 19.1. The van der Waals surface area contributed by atoms with Crippen molar-refractivity contribution in [3.05, 3.63) is 30.1 Å². The Morgan fingerprint density at radius 3 is 2.45 bits per heavy atom. The zero-order valence-electron chi connectivity index (χ0n) is 17.9. The molecule has 156 valence electrons. The highest BCUT2D eigenvalue weighted by Gasteiger charge is 2.54. The van der Waals surface area contributed by atoms with Gasteiger partial charge in [0.1, 0.15) is 5.82 Å². The van der Waals surface area contributed by atoms with Gasteiger partial charge in [-0.3, -0.25) is 4.79 Å². The van der Waals surface area contributed by atoms with Crippen molar-refractivity contribution in [3.63, 3.8) is 0 Å². The molecule has 6 rings (SSSR count). The molecular formula is C24H34N4O. The van der Waals surface area contributed by atoms with E-state index >= 15 is 0 Å². The quantitative estimate of drug-likeness (QED) is 0.782. The van der Waals surface area contributed by atoms with Crippen LogP contribution in [0.1, 0.15) is 44.3 Å². The number of aromatic nitrogens is 2. The molecule has 1 N–H and O–H groups in total. The summed E-state index contributed by atoms with van der Waals surface area (Å²) < 4.78 is 2.33. The summed E-state index contributed by atoms with van der Waals surface area (Å²) in [7, 11) is 4.20. The Morgan fingerprint density at radius 1 is 1.14 bits per heavy atom. The molecule has 4 bridgehead atoms. The summed E-state index contributed by atoms with van der Waals surface area (Å²) in [5, 5.41) is 3.32. The predicted molar refractivity (Wildman–Crippen MR) is 116 cm³/mol. The average molecular weight is 395 g/mol. The molecule has 4 aliphatic carbocycles. The number of carbonyl (C=O) groups excluding carboxylic acids is 1. The summed E-state index contributed by atoms with van der Waals surface area (Å²) in [4.78, 5) is 20.3. The van der Waals surface area contributed by atoms with Crippen LogP contribution in [-0.2, 0) is 17.8 Å². The SMILES string of the molecule is CN(C)CCn1c(CCNC(=O)C23CC4CC(CC(C4)C2)C3)nc2ccccc21. The normalized spacial score (nSPS) is 30.4. The number of hydrogen-bond acceptors (Lipinski definition) is 3. The van der Waals surface area contributed by atoms with Crippen molar-refractivity contribution in [2.24, 2.45) is 23.2 Å². The topological polar surface area (TPSA) is 50.2 Å². The monoisotopic (exact) mass is 394 g/mol. The van der Waals surface area contributed by atoms with Crippen LogP contribution in [0.4, 0.5) is 0 Å². The number of benzene rings is 1. The minimum absolute atomic E-state index is 0.0557. The Balaban J connectivity index is 1.26. The van der Waals surface area contributed by atoms with E-state index in [1.54, 1.807) is 0 Å². The standard InChI is InChI=1S/C24H34N4O/c1-27(2)9-10-28-21-6-4-3-5-20(21)26-22(28)7-8-25-23(29)24-14-17-11-18(15-24)13-19(12-17)16-24/h3-6,17-19H,7-16H2,1-2H3,(H,25,29). The second-order valence-electron chi connectivity index (χ2n) is 10.2. The first-order chi connectivity index (χ1) is 14.0. The molecule has 4 aliphatic rings. The minimum Gasteiger partial charge on any atom is -0.355 e. The van der Waals surface area contributed by atoms with Gasteiger partial charge in [-0.05, 0) is 82.5 Å². The van der Waals surface area contributed by atoms with Crippen LogP contribution < -0.4 is 5.32 Å². The van der Waals surface area contributed by atoms with E-state index in [4.69, 9.17) is 4.98 Å². The molecule has 0 unspecified atom stereocenters. The maximum Gasteiger partial charge on any atom is 0.226 e. The number of fused-ring (bicyclic) bond motifs is 1. The van der Waals surface area contributed by atoms with Crippen LogP contribution >= 0.6 is 0 Å². The van der Waals surface area contributed by atoms with Crippen LogP contribution in [0.15, 0.2) is 24.3 Å². The summed E-state index contributed by atoms with van der Waals surface area (Å²) in [6.07, 6.45) is 8.32. The number of para-hydroxylation sites is 2. The molecule has 0 saturated heterocycles. The van der Waals surface area contributed by atoms with Crippen LogP contribution in [0, 0.1) is 23.2 Å². The molecule has 29 heavy (non-hydrogen) atoms. The molecule has 1 heterocycles. The highest BCUT2D eigenvalue weighted by atomic mass is 16.2. The van der Waals surface area contributed by atoms with Crippen LogP contribution in [0.25, 0.3) is 11.0 Å². The van der Waals surface area contributed by atoms with Crippen molar-refractivity contribution in [1.29, 1.82) is 0 Å². The lowest BCUT2D eigenvalue weighted by Gasteiger charge is -2.55. The summed E-state index contributed by atoms with van der Waals surface area (Å²) in [5.74, 6) is 3.83. The molecule has 0 radical (unpaired) electrons. The van der Waals surface area contributed by atoms with Crippen LogP contribution in [0.5, 0.6) is 0 Å². The molecule has 4 saturated carbocycles. The molecule has 5 heteroatoms. The lowest BCUT2D eigenvalue weighted by atomic mass is 9.49.